The summed E-state index contributed by atoms with van der Waals surface area (Å²) in [6.07, 6.45) is -0.0189. The quantitative estimate of drug-likeness (QED) is 0.498. The van der Waals surface area contributed by atoms with Crippen LogP contribution in [0, 0.1) is 18.3 Å². The number of carbonyl (C=O) groups excluding carboxylic acids is 3. The number of nitrogens with zero attached hydrogens (tertiary/aromatic N) is 3. The van der Waals surface area contributed by atoms with Crippen LogP contribution in [-0.4, -0.2) is 28.7 Å². The molecule has 4 rings (SSSR count). The minimum Gasteiger partial charge on any atom is -0.325 e. The zero-order valence-corrected chi connectivity index (χ0v) is 19.3. The first-order valence-electron chi connectivity index (χ1n) is 10.8. The van der Waals surface area contributed by atoms with E-state index in [9.17, 15) is 14.4 Å². The lowest BCUT2D eigenvalue weighted by Crippen LogP contribution is -2.45. The van der Waals surface area contributed by atoms with Gasteiger partial charge < -0.3 is 4.90 Å². The summed E-state index contributed by atoms with van der Waals surface area (Å²) in [4.78, 5) is 42.2. The smallest absolute Gasteiger partial charge is 0.257 e. The molecule has 1 unspecified atom stereocenters. The molecule has 0 N–H and O–H groups in total. The van der Waals surface area contributed by atoms with E-state index in [2.05, 4.69) is 0 Å². The molecule has 0 aromatic heterocycles. The third kappa shape index (κ3) is 5.00. The van der Waals surface area contributed by atoms with E-state index in [4.69, 9.17) is 16.9 Å². The number of halogens is 1. The van der Waals surface area contributed by atoms with E-state index in [0.29, 0.717) is 16.3 Å². The van der Waals surface area contributed by atoms with E-state index in [-0.39, 0.29) is 31.2 Å². The number of benzene rings is 3. The van der Waals surface area contributed by atoms with Gasteiger partial charge in [-0.3, -0.25) is 14.4 Å². The van der Waals surface area contributed by atoms with Crippen LogP contribution in [0.4, 0.5) is 5.69 Å². The second kappa shape index (κ2) is 9.90. The van der Waals surface area contributed by atoms with Crippen LogP contribution in [0.25, 0.3) is 0 Å². The average molecular weight is 472 g/mol. The zero-order valence-electron chi connectivity index (χ0n) is 18.6. The van der Waals surface area contributed by atoms with Gasteiger partial charge in [-0.1, -0.05) is 53.6 Å². The minimum atomic E-state index is -0.913. The molecule has 0 aliphatic carbocycles. The molecule has 1 aliphatic heterocycles. The molecule has 0 radical (unpaired) electrons. The van der Waals surface area contributed by atoms with Gasteiger partial charge in [0.2, 0.25) is 11.8 Å². The highest BCUT2D eigenvalue weighted by atomic mass is 35.5. The SMILES string of the molecule is Cc1ccc(CN(C(=O)Cc2ccc(Cl)cc2)C2CC(=O)N(c3ccc(C#N)cc3)C2=O)cc1. The van der Waals surface area contributed by atoms with Crippen LogP contribution in [0.1, 0.15) is 28.7 Å². The number of rotatable bonds is 6. The average Bonchev–Trinajstić information content (AvgIpc) is 3.13. The first-order chi connectivity index (χ1) is 16.4. The van der Waals surface area contributed by atoms with Gasteiger partial charge in [-0.15, -0.1) is 0 Å². The van der Waals surface area contributed by atoms with Crippen molar-refractivity contribution in [3.05, 3.63) is 100 Å². The van der Waals surface area contributed by atoms with E-state index in [0.717, 1.165) is 21.6 Å². The highest BCUT2D eigenvalue weighted by Crippen LogP contribution is 2.28. The van der Waals surface area contributed by atoms with Crippen LogP contribution < -0.4 is 4.90 Å². The Bertz CT molecular complexity index is 1260. The number of amides is 3. The van der Waals surface area contributed by atoms with Crippen molar-refractivity contribution >= 4 is 35.0 Å². The van der Waals surface area contributed by atoms with Gasteiger partial charge >= 0.3 is 0 Å². The Morgan fingerprint density at radius 3 is 2.24 bits per heavy atom. The van der Waals surface area contributed by atoms with Crippen LogP contribution in [-0.2, 0) is 27.3 Å². The number of nitriles is 1. The van der Waals surface area contributed by atoms with E-state index >= 15 is 0 Å². The van der Waals surface area contributed by atoms with E-state index in [1.807, 2.05) is 37.3 Å². The van der Waals surface area contributed by atoms with Crippen LogP contribution >= 0.6 is 11.6 Å². The molecule has 170 valence electrons. The van der Waals surface area contributed by atoms with Crippen molar-refractivity contribution < 1.29 is 14.4 Å². The summed E-state index contributed by atoms with van der Waals surface area (Å²) in [5.74, 6) is -1.09. The lowest BCUT2D eigenvalue weighted by atomic mass is 10.1. The summed E-state index contributed by atoms with van der Waals surface area (Å²) in [6.45, 7) is 2.18. The monoisotopic (exact) mass is 471 g/mol. The second-order valence-electron chi connectivity index (χ2n) is 8.26. The Morgan fingerprint density at radius 1 is 1.00 bits per heavy atom. The molecule has 34 heavy (non-hydrogen) atoms. The first-order valence-corrected chi connectivity index (χ1v) is 11.2. The molecular formula is C27H22ClN3O3. The molecule has 6 nitrogen and oxygen atoms in total. The van der Waals surface area contributed by atoms with Crippen molar-refractivity contribution in [3.8, 4) is 6.07 Å². The summed E-state index contributed by atoms with van der Waals surface area (Å²) in [5, 5.41) is 9.59. The molecule has 3 amide bonds. The fourth-order valence-electron chi connectivity index (χ4n) is 3.96. The van der Waals surface area contributed by atoms with Gasteiger partial charge in [-0.05, 0) is 54.4 Å². The van der Waals surface area contributed by atoms with Gasteiger partial charge in [0.05, 0.1) is 30.2 Å². The van der Waals surface area contributed by atoms with Crippen molar-refractivity contribution in [3.63, 3.8) is 0 Å². The third-order valence-corrected chi connectivity index (χ3v) is 6.07. The fraction of sp³-hybridized carbons (Fsp3) is 0.185. The fourth-order valence-corrected chi connectivity index (χ4v) is 4.08. The number of hydrogen-bond acceptors (Lipinski definition) is 4. The van der Waals surface area contributed by atoms with E-state index < -0.39 is 11.9 Å². The van der Waals surface area contributed by atoms with Gasteiger partial charge in [0.1, 0.15) is 6.04 Å². The summed E-state index contributed by atoms with van der Waals surface area (Å²) < 4.78 is 0. The van der Waals surface area contributed by atoms with Gasteiger partial charge in [-0.2, -0.15) is 5.26 Å². The van der Waals surface area contributed by atoms with Crippen LogP contribution in [0.2, 0.25) is 5.02 Å². The Hall–Kier alpha value is -3.95. The molecule has 3 aromatic carbocycles. The summed E-state index contributed by atoms with van der Waals surface area (Å²) >= 11 is 5.96. The summed E-state index contributed by atoms with van der Waals surface area (Å²) in [7, 11) is 0. The maximum Gasteiger partial charge on any atom is 0.257 e. The van der Waals surface area contributed by atoms with Gasteiger partial charge in [0.25, 0.3) is 5.91 Å². The molecule has 1 fully saturated rings. The van der Waals surface area contributed by atoms with Crippen LogP contribution in [0.15, 0.2) is 72.8 Å². The Morgan fingerprint density at radius 2 is 1.62 bits per heavy atom. The predicted octanol–water partition coefficient (Wildman–Crippen LogP) is 4.42. The molecule has 1 heterocycles. The highest BCUT2D eigenvalue weighted by molar-refractivity contribution is 6.30. The lowest BCUT2D eigenvalue weighted by Gasteiger charge is -2.28. The highest BCUT2D eigenvalue weighted by Gasteiger charge is 2.44. The Kier molecular flexibility index (Phi) is 6.76. The lowest BCUT2D eigenvalue weighted by molar-refractivity contribution is -0.138. The van der Waals surface area contributed by atoms with Crippen molar-refractivity contribution in [2.45, 2.75) is 32.4 Å². The van der Waals surface area contributed by atoms with Gasteiger partial charge in [-0.25, -0.2) is 4.90 Å². The first kappa shape index (κ1) is 23.2. The van der Waals surface area contributed by atoms with Gasteiger partial charge in [0.15, 0.2) is 0 Å². The van der Waals surface area contributed by atoms with Crippen molar-refractivity contribution in [2.75, 3.05) is 4.90 Å². The second-order valence-corrected chi connectivity index (χ2v) is 8.69. The zero-order chi connectivity index (χ0) is 24.2. The maximum absolute atomic E-state index is 13.4. The summed E-state index contributed by atoms with van der Waals surface area (Å²) in [5.41, 5.74) is 3.54. The number of anilines is 1. The van der Waals surface area contributed by atoms with Crippen LogP contribution in [0.3, 0.4) is 0 Å². The number of carbonyl (C=O) groups is 3. The minimum absolute atomic E-state index is 0.0812. The van der Waals surface area contributed by atoms with E-state index in [1.54, 1.807) is 48.5 Å². The third-order valence-electron chi connectivity index (χ3n) is 5.82. The molecule has 3 aromatic rings. The maximum atomic E-state index is 13.4. The van der Waals surface area contributed by atoms with Gasteiger partial charge in [0, 0.05) is 11.6 Å². The molecule has 0 bridgehead atoms. The Balaban J connectivity index is 1.62. The predicted molar refractivity (Wildman–Crippen MR) is 129 cm³/mol. The molecular weight excluding hydrogens is 450 g/mol. The summed E-state index contributed by atoms with van der Waals surface area (Å²) in [6, 6.07) is 22.0. The largest absolute Gasteiger partial charge is 0.325 e. The molecule has 7 heteroatoms. The molecule has 1 atom stereocenters. The van der Waals surface area contributed by atoms with Crippen molar-refractivity contribution in [1.29, 1.82) is 5.26 Å². The molecule has 1 aliphatic rings. The molecule has 0 spiro atoms. The van der Waals surface area contributed by atoms with Crippen molar-refractivity contribution in [2.24, 2.45) is 0 Å². The molecule has 1 saturated heterocycles. The van der Waals surface area contributed by atoms with Crippen molar-refractivity contribution in [1.82, 2.24) is 4.90 Å². The number of imide groups is 1. The topological polar surface area (TPSA) is 81.5 Å². The van der Waals surface area contributed by atoms with E-state index in [1.165, 1.54) is 4.90 Å². The van der Waals surface area contributed by atoms with Crippen LogP contribution in [0.5, 0.6) is 0 Å². The number of hydrogen-bond donors (Lipinski definition) is 0. The number of aryl methyl sites for hydroxylation is 1. The Labute approximate surface area is 203 Å². The normalized spacial score (nSPS) is 15.3. The standard InChI is InChI=1S/C27H22ClN3O3/c1-18-2-4-21(5-3-18)17-30(25(32)14-19-6-10-22(28)11-7-19)24-15-26(33)31(27(24)34)23-12-8-20(16-29)9-13-23/h2-13,24H,14-15,17H2,1H3. The molecule has 0 saturated carbocycles.